The van der Waals surface area contributed by atoms with Gasteiger partial charge >= 0.3 is 0 Å². The van der Waals surface area contributed by atoms with Crippen LogP contribution in [0.5, 0.6) is 0 Å². The molecule has 0 radical (unpaired) electrons. The lowest BCUT2D eigenvalue weighted by atomic mass is 10.2. The Morgan fingerprint density at radius 3 is 2.00 bits per heavy atom. The van der Waals surface area contributed by atoms with Crippen molar-refractivity contribution >= 4 is 0 Å². The van der Waals surface area contributed by atoms with Gasteiger partial charge in [-0.25, -0.2) is 4.98 Å². The molecule has 4 heteroatoms. The largest absolute Gasteiger partial charge is 0.337 e. The van der Waals surface area contributed by atoms with E-state index in [2.05, 4.69) is 4.98 Å². The highest BCUT2D eigenvalue weighted by Crippen LogP contribution is 2.27. The van der Waals surface area contributed by atoms with Crippen LogP contribution in [0, 0.1) is 0 Å². The third kappa shape index (κ3) is 3.61. The Bertz CT molecular complexity index is 298. The molecule has 0 unspecified atom stereocenters. The Labute approximate surface area is 90.3 Å². The molecule has 0 saturated carbocycles. The average Bonchev–Trinajstić information content (AvgIpc) is 2.50. The Morgan fingerprint density at radius 1 is 1.33 bits per heavy atom. The van der Waals surface area contributed by atoms with E-state index in [0.717, 1.165) is 6.92 Å². The highest BCUT2D eigenvalue weighted by atomic mass is 19.3. The molecule has 88 valence electrons. The predicted molar refractivity (Wildman–Crippen MR) is 58.2 cm³/mol. The first kappa shape index (κ1) is 14.1. The van der Waals surface area contributed by atoms with E-state index < -0.39 is 5.92 Å². The minimum atomic E-state index is -2.84. The molecule has 0 atom stereocenters. The summed E-state index contributed by atoms with van der Waals surface area (Å²) in [7, 11) is 1.73. The molecule has 2 nitrogen and oxygen atoms in total. The van der Waals surface area contributed by atoms with Crippen molar-refractivity contribution in [3.05, 3.63) is 17.7 Å². The summed E-state index contributed by atoms with van der Waals surface area (Å²) in [5.74, 6) is -1.98. The zero-order valence-corrected chi connectivity index (χ0v) is 10.3. The van der Waals surface area contributed by atoms with Gasteiger partial charge in [-0.1, -0.05) is 27.7 Å². The van der Waals surface area contributed by atoms with Gasteiger partial charge in [-0.3, -0.25) is 0 Å². The molecule has 0 N–H and O–H groups in total. The van der Waals surface area contributed by atoms with Crippen LogP contribution in [0.4, 0.5) is 8.78 Å². The summed E-state index contributed by atoms with van der Waals surface area (Å²) < 4.78 is 27.3. The fourth-order valence-corrected chi connectivity index (χ4v) is 1.23. The Balaban J connectivity index is 0.000000921. The molecule has 0 saturated heterocycles. The van der Waals surface area contributed by atoms with E-state index in [1.54, 1.807) is 11.6 Å². The first-order chi connectivity index (χ1) is 6.82. The number of halogens is 2. The molecule has 0 aliphatic carbocycles. The van der Waals surface area contributed by atoms with E-state index in [4.69, 9.17) is 0 Å². The number of hydrogen-bond acceptors (Lipinski definition) is 1. The SMILES string of the molecule is CC.CC(C)c1nc(C(C)(F)F)cn1C. The van der Waals surface area contributed by atoms with E-state index in [-0.39, 0.29) is 11.6 Å². The summed E-state index contributed by atoms with van der Waals surface area (Å²) in [5, 5.41) is 0. The van der Waals surface area contributed by atoms with E-state index in [0.29, 0.717) is 5.82 Å². The summed E-state index contributed by atoms with van der Waals surface area (Å²) in [6, 6.07) is 0. The van der Waals surface area contributed by atoms with Gasteiger partial charge in [0.05, 0.1) is 0 Å². The van der Waals surface area contributed by atoms with Crippen molar-refractivity contribution in [1.82, 2.24) is 9.55 Å². The fraction of sp³-hybridized carbons (Fsp3) is 0.727. The quantitative estimate of drug-likeness (QED) is 0.740. The topological polar surface area (TPSA) is 17.8 Å². The van der Waals surface area contributed by atoms with Crippen LogP contribution >= 0.6 is 0 Å². The fourth-order valence-electron chi connectivity index (χ4n) is 1.23. The summed E-state index contributed by atoms with van der Waals surface area (Å²) in [5.41, 5.74) is -0.154. The van der Waals surface area contributed by atoms with Crippen LogP contribution < -0.4 is 0 Å². The molecule has 0 bridgehead atoms. The highest BCUT2D eigenvalue weighted by molar-refractivity contribution is 5.10. The predicted octanol–water partition coefficient (Wildman–Crippen LogP) is 3.68. The monoisotopic (exact) mass is 218 g/mol. The number of imidazole rings is 1. The van der Waals surface area contributed by atoms with Crippen LogP contribution in [0.15, 0.2) is 6.20 Å². The lowest BCUT2D eigenvalue weighted by Crippen LogP contribution is -2.07. The third-order valence-corrected chi connectivity index (χ3v) is 1.88. The Morgan fingerprint density at radius 2 is 1.80 bits per heavy atom. The Hall–Kier alpha value is -0.930. The van der Waals surface area contributed by atoms with Crippen LogP contribution in [0.3, 0.4) is 0 Å². The molecule has 0 fully saturated rings. The zero-order valence-electron chi connectivity index (χ0n) is 10.3. The second-order valence-corrected chi connectivity index (χ2v) is 3.64. The second kappa shape index (κ2) is 5.24. The van der Waals surface area contributed by atoms with E-state index in [9.17, 15) is 8.78 Å². The van der Waals surface area contributed by atoms with Gasteiger partial charge in [0.2, 0.25) is 0 Å². The normalized spacial score (nSPS) is 11.3. The van der Waals surface area contributed by atoms with E-state index in [1.165, 1.54) is 6.20 Å². The van der Waals surface area contributed by atoms with Crippen LogP contribution in [-0.2, 0) is 13.0 Å². The first-order valence-electron chi connectivity index (χ1n) is 5.24. The van der Waals surface area contributed by atoms with Crippen molar-refractivity contribution in [3.8, 4) is 0 Å². The first-order valence-corrected chi connectivity index (χ1v) is 5.24. The van der Waals surface area contributed by atoms with Crippen molar-refractivity contribution in [3.63, 3.8) is 0 Å². The van der Waals surface area contributed by atoms with Gasteiger partial charge in [0.15, 0.2) is 0 Å². The standard InChI is InChI=1S/C9H14F2N2.C2H6/c1-6(2)8-12-7(5-13(8)4)9(3,10)11;1-2/h5-6H,1-4H3;1-2H3. The second-order valence-electron chi connectivity index (χ2n) is 3.64. The molecular formula is C11H20F2N2. The van der Waals surface area contributed by atoms with E-state index >= 15 is 0 Å². The number of aromatic nitrogens is 2. The van der Waals surface area contributed by atoms with Gasteiger partial charge < -0.3 is 4.57 Å². The van der Waals surface area contributed by atoms with Gasteiger partial charge in [0.1, 0.15) is 11.5 Å². The number of rotatable bonds is 2. The van der Waals surface area contributed by atoms with Crippen molar-refractivity contribution in [1.29, 1.82) is 0 Å². The van der Waals surface area contributed by atoms with Crippen LogP contribution in [0.1, 0.15) is 52.1 Å². The van der Waals surface area contributed by atoms with Crippen LogP contribution in [0.2, 0.25) is 0 Å². The maximum atomic E-state index is 12.8. The highest BCUT2D eigenvalue weighted by Gasteiger charge is 2.28. The van der Waals surface area contributed by atoms with Crippen molar-refractivity contribution in [2.75, 3.05) is 0 Å². The summed E-state index contributed by atoms with van der Waals surface area (Å²) in [6.45, 7) is 8.72. The minimum absolute atomic E-state index is 0.154. The molecule has 0 amide bonds. The lowest BCUT2D eigenvalue weighted by Gasteiger charge is -2.04. The number of hydrogen-bond donors (Lipinski definition) is 0. The molecule has 0 aliphatic heterocycles. The molecule has 1 aromatic rings. The summed E-state index contributed by atoms with van der Waals surface area (Å²) in [4.78, 5) is 3.89. The smallest absolute Gasteiger partial charge is 0.288 e. The molecular weight excluding hydrogens is 198 g/mol. The minimum Gasteiger partial charge on any atom is -0.337 e. The van der Waals surface area contributed by atoms with Crippen LogP contribution in [-0.4, -0.2) is 9.55 Å². The van der Waals surface area contributed by atoms with Crippen molar-refractivity contribution in [2.45, 2.75) is 46.5 Å². The number of alkyl halides is 2. The molecule has 0 aliphatic rings. The number of aryl methyl sites for hydroxylation is 1. The molecule has 1 rings (SSSR count). The molecule has 1 aromatic heterocycles. The van der Waals surface area contributed by atoms with Gasteiger partial charge in [-0.2, -0.15) is 8.78 Å². The van der Waals surface area contributed by atoms with Crippen molar-refractivity contribution in [2.24, 2.45) is 7.05 Å². The van der Waals surface area contributed by atoms with Crippen LogP contribution in [0.25, 0.3) is 0 Å². The summed E-state index contributed by atoms with van der Waals surface area (Å²) in [6.07, 6.45) is 1.38. The lowest BCUT2D eigenvalue weighted by molar-refractivity contribution is 0.0130. The van der Waals surface area contributed by atoms with Gasteiger partial charge in [0, 0.05) is 26.1 Å². The summed E-state index contributed by atoms with van der Waals surface area (Å²) >= 11 is 0. The van der Waals surface area contributed by atoms with Gasteiger partial charge in [-0.15, -0.1) is 0 Å². The maximum absolute atomic E-state index is 12.8. The zero-order chi connectivity index (χ0) is 12.2. The maximum Gasteiger partial charge on any atom is 0.288 e. The average molecular weight is 218 g/mol. The molecule has 15 heavy (non-hydrogen) atoms. The molecule has 0 aromatic carbocycles. The van der Waals surface area contributed by atoms with Gasteiger partial charge in [0.25, 0.3) is 5.92 Å². The number of nitrogens with zero attached hydrogens (tertiary/aromatic N) is 2. The van der Waals surface area contributed by atoms with E-state index in [1.807, 2.05) is 27.7 Å². The molecule has 1 heterocycles. The van der Waals surface area contributed by atoms with Crippen molar-refractivity contribution < 1.29 is 8.78 Å². The molecule has 0 spiro atoms. The third-order valence-electron chi connectivity index (χ3n) is 1.88. The Kier molecular flexibility index (Phi) is 4.91. The van der Waals surface area contributed by atoms with Gasteiger partial charge in [-0.05, 0) is 0 Å².